The molecular weight excluding hydrogens is 236 g/mol. The van der Waals surface area contributed by atoms with Gasteiger partial charge in [-0.1, -0.05) is 0 Å². The Balaban J connectivity index is 2.08. The number of H-pyrrole nitrogens is 1. The van der Waals surface area contributed by atoms with Crippen molar-refractivity contribution in [3.05, 3.63) is 16.6 Å². The van der Waals surface area contributed by atoms with Crippen molar-refractivity contribution in [3.63, 3.8) is 0 Å². The molecule has 0 aliphatic carbocycles. The molecule has 2 nitrogen and oxygen atoms in total. The highest BCUT2D eigenvalue weighted by Crippen LogP contribution is 2.30. The average molecular weight is 247 g/mol. The highest BCUT2D eigenvalue weighted by atomic mass is 79.9. The van der Waals surface area contributed by atoms with Gasteiger partial charge in [0.1, 0.15) is 0 Å². The number of hydrogen-bond donors (Lipinski definition) is 1. The highest BCUT2D eigenvalue weighted by Gasteiger charge is 2.17. The van der Waals surface area contributed by atoms with Crippen molar-refractivity contribution in [1.29, 1.82) is 0 Å². The summed E-state index contributed by atoms with van der Waals surface area (Å²) in [6.07, 6.45) is 4.59. The Kier molecular flexibility index (Phi) is 2.76. The zero-order chi connectivity index (χ0) is 8.39. The van der Waals surface area contributed by atoms with E-state index in [9.17, 15) is 0 Å². The van der Waals surface area contributed by atoms with E-state index in [0.29, 0.717) is 5.92 Å². The molecule has 0 aromatic carbocycles. The SMILES string of the molecule is Brc1ncc(C2CCCSC2)[nH]1. The summed E-state index contributed by atoms with van der Waals surface area (Å²) < 4.78 is 0.855. The molecule has 1 N–H and O–H groups in total. The van der Waals surface area contributed by atoms with Gasteiger partial charge in [-0.05, 0) is 34.5 Å². The van der Waals surface area contributed by atoms with Crippen LogP contribution < -0.4 is 0 Å². The maximum Gasteiger partial charge on any atom is 0.174 e. The Labute approximate surface area is 84.7 Å². The summed E-state index contributed by atoms with van der Waals surface area (Å²) in [5, 5.41) is 0. The predicted molar refractivity (Wildman–Crippen MR) is 55.6 cm³/mol. The first-order valence-electron chi connectivity index (χ1n) is 4.14. The second kappa shape index (κ2) is 3.83. The Morgan fingerprint density at radius 3 is 3.17 bits per heavy atom. The van der Waals surface area contributed by atoms with Gasteiger partial charge in [-0.3, -0.25) is 0 Å². The van der Waals surface area contributed by atoms with Crippen molar-refractivity contribution in [1.82, 2.24) is 9.97 Å². The van der Waals surface area contributed by atoms with Crippen molar-refractivity contribution in [2.45, 2.75) is 18.8 Å². The lowest BCUT2D eigenvalue weighted by Crippen LogP contribution is -2.08. The summed E-state index contributed by atoms with van der Waals surface area (Å²) in [5.41, 5.74) is 1.29. The zero-order valence-corrected chi connectivity index (χ0v) is 9.12. The fourth-order valence-electron chi connectivity index (χ4n) is 1.50. The molecule has 2 heterocycles. The fourth-order valence-corrected chi connectivity index (χ4v) is 3.00. The minimum Gasteiger partial charge on any atom is -0.336 e. The maximum atomic E-state index is 4.14. The second-order valence-electron chi connectivity index (χ2n) is 3.04. The molecule has 1 aliphatic rings. The smallest absolute Gasteiger partial charge is 0.174 e. The average Bonchev–Trinajstić information content (AvgIpc) is 2.54. The second-order valence-corrected chi connectivity index (χ2v) is 4.94. The molecule has 1 aliphatic heterocycles. The van der Waals surface area contributed by atoms with Crippen LogP contribution in [0.15, 0.2) is 10.9 Å². The molecule has 1 atom stereocenters. The molecule has 1 saturated heterocycles. The molecule has 1 unspecified atom stereocenters. The molecular formula is C8H11BrN2S. The number of imidazole rings is 1. The van der Waals surface area contributed by atoms with Gasteiger partial charge in [-0.15, -0.1) is 0 Å². The van der Waals surface area contributed by atoms with E-state index in [0.717, 1.165) is 4.73 Å². The van der Waals surface area contributed by atoms with Crippen molar-refractivity contribution in [2.75, 3.05) is 11.5 Å². The van der Waals surface area contributed by atoms with Crippen LogP contribution >= 0.6 is 27.7 Å². The van der Waals surface area contributed by atoms with E-state index in [-0.39, 0.29) is 0 Å². The number of aromatic nitrogens is 2. The van der Waals surface area contributed by atoms with Crippen molar-refractivity contribution in [2.24, 2.45) is 0 Å². The number of thioether (sulfide) groups is 1. The van der Waals surface area contributed by atoms with Crippen LogP contribution in [0.4, 0.5) is 0 Å². The zero-order valence-electron chi connectivity index (χ0n) is 6.72. The largest absolute Gasteiger partial charge is 0.336 e. The van der Waals surface area contributed by atoms with Gasteiger partial charge < -0.3 is 4.98 Å². The van der Waals surface area contributed by atoms with Crippen LogP contribution in [0.2, 0.25) is 0 Å². The van der Waals surface area contributed by atoms with Crippen molar-refractivity contribution >= 4 is 27.7 Å². The number of nitrogens with one attached hydrogen (secondary N) is 1. The summed E-state index contributed by atoms with van der Waals surface area (Å²) in [4.78, 5) is 7.38. The van der Waals surface area contributed by atoms with Crippen LogP contribution in [0.3, 0.4) is 0 Å². The Morgan fingerprint density at radius 2 is 2.58 bits per heavy atom. The fraction of sp³-hybridized carbons (Fsp3) is 0.625. The van der Waals surface area contributed by atoms with Crippen LogP contribution in [0.25, 0.3) is 0 Å². The summed E-state index contributed by atoms with van der Waals surface area (Å²) in [6, 6.07) is 0. The van der Waals surface area contributed by atoms with Gasteiger partial charge in [-0.25, -0.2) is 4.98 Å². The third kappa shape index (κ3) is 1.85. The van der Waals surface area contributed by atoms with E-state index in [1.807, 2.05) is 18.0 Å². The predicted octanol–water partition coefficient (Wildman–Crippen LogP) is 2.78. The minimum absolute atomic E-state index is 0.697. The number of hydrogen-bond acceptors (Lipinski definition) is 2. The lowest BCUT2D eigenvalue weighted by atomic mass is 10.0. The van der Waals surface area contributed by atoms with Gasteiger partial charge >= 0.3 is 0 Å². The Hall–Kier alpha value is 0.0400. The first kappa shape index (κ1) is 8.63. The molecule has 4 heteroatoms. The lowest BCUT2D eigenvalue weighted by molar-refractivity contribution is 0.646. The number of aromatic amines is 1. The molecule has 1 fully saturated rings. The Bertz CT molecular complexity index is 255. The standard InChI is InChI=1S/C8H11BrN2S/c9-8-10-4-7(11-8)6-2-1-3-12-5-6/h4,6H,1-3,5H2,(H,10,11). The van der Waals surface area contributed by atoms with Gasteiger partial charge in [0.25, 0.3) is 0 Å². The van der Waals surface area contributed by atoms with Crippen molar-refractivity contribution in [3.8, 4) is 0 Å². The van der Waals surface area contributed by atoms with Gasteiger partial charge in [-0.2, -0.15) is 11.8 Å². The maximum absolute atomic E-state index is 4.14. The van der Waals surface area contributed by atoms with E-state index >= 15 is 0 Å². The molecule has 66 valence electrons. The van der Waals surface area contributed by atoms with Crippen LogP contribution in [-0.4, -0.2) is 21.5 Å². The third-order valence-electron chi connectivity index (χ3n) is 2.16. The molecule has 0 bridgehead atoms. The monoisotopic (exact) mass is 246 g/mol. The van der Waals surface area contributed by atoms with Gasteiger partial charge in [0.15, 0.2) is 4.73 Å². The van der Waals surface area contributed by atoms with Gasteiger partial charge in [0.05, 0.1) is 0 Å². The topological polar surface area (TPSA) is 28.7 Å². The van der Waals surface area contributed by atoms with Crippen LogP contribution in [0.1, 0.15) is 24.5 Å². The van der Waals surface area contributed by atoms with Crippen LogP contribution in [0, 0.1) is 0 Å². The quantitative estimate of drug-likeness (QED) is 0.826. The molecule has 12 heavy (non-hydrogen) atoms. The first-order valence-corrected chi connectivity index (χ1v) is 6.09. The third-order valence-corrected chi connectivity index (χ3v) is 3.78. The first-order chi connectivity index (χ1) is 5.86. The summed E-state index contributed by atoms with van der Waals surface area (Å²) in [7, 11) is 0. The molecule has 0 spiro atoms. The molecule has 2 rings (SSSR count). The van der Waals surface area contributed by atoms with E-state index < -0.39 is 0 Å². The van der Waals surface area contributed by atoms with Crippen LogP contribution in [-0.2, 0) is 0 Å². The molecule has 0 radical (unpaired) electrons. The molecule has 0 saturated carbocycles. The number of rotatable bonds is 1. The summed E-state index contributed by atoms with van der Waals surface area (Å²) in [6.45, 7) is 0. The lowest BCUT2D eigenvalue weighted by Gasteiger charge is -2.19. The summed E-state index contributed by atoms with van der Waals surface area (Å²) in [5.74, 6) is 3.27. The van der Waals surface area contributed by atoms with E-state index in [2.05, 4.69) is 25.9 Å². The van der Waals surface area contributed by atoms with E-state index in [1.165, 1.54) is 30.0 Å². The Morgan fingerprint density at radius 1 is 1.67 bits per heavy atom. The summed E-state index contributed by atoms with van der Waals surface area (Å²) >= 11 is 5.37. The van der Waals surface area contributed by atoms with Crippen LogP contribution in [0.5, 0.6) is 0 Å². The van der Waals surface area contributed by atoms with Gasteiger partial charge in [0.2, 0.25) is 0 Å². The molecule has 0 amide bonds. The normalized spacial score (nSPS) is 24.2. The van der Waals surface area contributed by atoms with E-state index in [4.69, 9.17) is 0 Å². The number of nitrogens with zero attached hydrogens (tertiary/aromatic N) is 1. The van der Waals surface area contributed by atoms with Crippen molar-refractivity contribution < 1.29 is 0 Å². The number of halogens is 1. The minimum atomic E-state index is 0.697. The highest BCUT2D eigenvalue weighted by molar-refractivity contribution is 9.10. The van der Waals surface area contributed by atoms with Gasteiger partial charge in [0, 0.05) is 23.6 Å². The van der Waals surface area contributed by atoms with E-state index in [1.54, 1.807) is 0 Å². The molecule has 1 aromatic rings. The molecule has 1 aromatic heterocycles.